The third-order valence-electron chi connectivity index (χ3n) is 3.19. The second kappa shape index (κ2) is 7.81. The fraction of sp³-hybridized carbons (Fsp3) is 0.333. The van der Waals surface area contributed by atoms with Crippen molar-refractivity contribution < 1.29 is 9.84 Å². The van der Waals surface area contributed by atoms with Gasteiger partial charge in [0.2, 0.25) is 0 Å². The van der Waals surface area contributed by atoms with Gasteiger partial charge in [-0.2, -0.15) is 0 Å². The van der Waals surface area contributed by atoms with E-state index in [-0.39, 0.29) is 0 Å². The van der Waals surface area contributed by atoms with Crippen LogP contribution in [0.3, 0.4) is 0 Å². The van der Waals surface area contributed by atoms with Crippen LogP contribution in [0.2, 0.25) is 0 Å². The van der Waals surface area contributed by atoms with E-state index < -0.39 is 6.10 Å². The molecule has 0 bridgehead atoms. The summed E-state index contributed by atoms with van der Waals surface area (Å²) in [5, 5.41) is 13.2. The van der Waals surface area contributed by atoms with Gasteiger partial charge in [0.05, 0.1) is 0 Å². The van der Waals surface area contributed by atoms with Gasteiger partial charge in [0, 0.05) is 13.1 Å². The molecule has 0 spiro atoms. The highest BCUT2D eigenvalue weighted by Crippen LogP contribution is 2.16. The molecule has 0 aromatic heterocycles. The minimum absolute atomic E-state index is 0.296. The zero-order valence-corrected chi connectivity index (χ0v) is 12.7. The molecule has 2 aromatic rings. The number of aryl methyl sites for hydroxylation is 2. The molecule has 2 rings (SSSR count). The second-order valence-electron chi connectivity index (χ2n) is 5.40. The third-order valence-corrected chi connectivity index (χ3v) is 3.19. The number of hydrogen-bond acceptors (Lipinski definition) is 3. The van der Waals surface area contributed by atoms with E-state index in [4.69, 9.17) is 4.74 Å². The monoisotopic (exact) mass is 285 g/mol. The zero-order valence-electron chi connectivity index (χ0n) is 12.7. The summed E-state index contributed by atoms with van der Waals surface area (Å²) in [7, 11) is 0. The quantitative estimate of drug-likeness (QED) is 0.822. The molecule has 0 aliphatic rings. The molecule has 0 heterocycles. The van der Waals surface area contributed by atoms with Crippen LogP contribution in [0, 0.1) is 13.8 Å². The van der Waals surface area contributed by atoms with Crippen molar-refractivity contribution in [2.45, 2.75) is 26.5 Å². The molecule has 0 unspecified atom stereocenters. The van der Waals surface area contributed by atoms with Crippen LogP contribution in [0.25, 0.3) is 0 Å². The fourth-order valence-electron chi connectivity index (χ4n) is 2.25. The lowest BCUT2D eigenvalue weighted by atomic mass is 10.1. The predicted molar refractivity (Wildman–Crippen MR) is 85.6 cm³/mol. The third kappa shape index (κ3) is 5.58. The van der Waals surface area contributed by atoms with Gasteiger partial charge in [0.1, 0.15) is 18.5 Å². The second-order valence-corrected chi connectivity index (χ2v) is 5.40. The van der Waals surface area contributed by atoms with Crippen molar-refractivity contribution >= 4 is 0 Å². The Morgan fingerprint density at radius 1 is 1.05 bits per heavy atom. The van der Waals surface area contributed by atoms with E-state index in [1.54, 1.807) is 0 Å². The largest absolute Gasteiger partial charge is 0.491 e. The first-order valence-corrected chi connectivity index (χ1v) is 7.27. The molecule has 2 N–H and O–H groups in total. The van der Waals surface area contributed by atoms with Gasteiger partial charge >= 0.3 is 0 Å². The number of hydrogen-bond donors (Lipinski definition) is 2. The molecule has 112 valence electrons. The number of aliphatic hydroxyl groups is 1. The average molecular weight is 285 g/mol. The van der Waals surface area contributed by atoms with Crippen molar-refractivity contribution in [1.82, 2.24) is 5.32 Å². The number of rotatable bonds is 7. The minimum Gasteiger partial charge on any atom is -0.491 e. The maximum absolute atomic E-state index is 9.94. The minimum atomic E-state index is -0.519. The fourth-order valence-corrected chi connectivity index (χ4v) is 2.25. The highest BCUT2D eigenvalue weighted by Gasteiger charge is 2.05. The molecule has 1 atom stereocenters. The number of ether oxygens (including phenoxy) is 1. The van der Waals surface area contributed by atoms with Gasteiger partial charge in [-0.05, 0) is 42.7 Å². The summed E-state index contributed by atoms with van der Waals surface area (Å²) < 4.78 is 5.64. The van der Waals surface area contributed by atoms with Crippen molar-refractivity contribution in [2.24, 2.45) is 0 Å². The summed E-state index contributed by atoms with van der Waals surface area (Å²) >= 11 is 0. The molecule has 0 amide bonds. The SMILES string of the molecule is Cc1cc(C)cc(OC[C@@H](O)CNCc2ccccc2)c1. The molecule has 0 fully saturated rings. The Kier molecular flexibility index (Phi) is 5.78. The van der Waals surface area contributed by atoms with Crippen LogP contribution in [0.15, 0.2) is 48.5 Å². The molecule has 0 saturated heterocycles. The molecule has 2 aromatic carbocycles. The Hall–Kier alpha value is -1.84. The van der Waals surface area contributed by atoms with Gasteiger partial charge in [-0.3, -0.25) is 0 Å². The highest BCUT2D eigenvalue weighted by molar-refractivity contribution is 5.33. The maximum Gasteiger partial charge on any atom is 0.119 e. The van der Waals surface area contributed by atoms with Gasteiger partial charge in [0.15, 0.2) is 0 Å². The summed E-state index contributed by atoms with van der Waals surface area (Å²) in [6, 6.07) is 16.2. The number of benzene rings is 2. The lowest BCUT2D eigenvalue weighted by Crippen LogP contribution is -2.31. The Bertz CT molecular complexity index is 534. The maximum atomic E-state index is 9.94. The van der Waals surface area contributed by atoms with Crippen LogP contribution in [0.1, 0.15) is 16.7 Å². The lowest BCUT2D eigenvalue weighted by molar-refractivity contribution is 0.106. The number of aliphatic hydroxyl groups excluding tert-OH is 1. The Labute approximate surface area is 126 Å². The van der Waals surface area contributed by atoms with Crippen molar-refractivity contribution in [3.05, 3.63) is 65.2 Å². The van der Waals surface area contributed by atoms with Crippen molar-refractivity contribution in [3.8, 4) is 5.75 Å². The molecule has 0 aliphatic carbocycles. The summed E-state index contributed by atoms with van der Waals surface area (Å²) in [5.74, 6) is 0.814. The topological polar surface area (TPSA) is 41.5 Å². The van der Waals surface area contributed by atoms with Gasteiger partial charge in [0.25, 0.3) is 0 Å². The number of nitrogens with one attached hydrogen (secondary N) is 1. The predicted octanol–water partition coefficient (Wildman–Crippen LogP) is 2.83. The molecular weight excluding hydrogens is 262 g/mol. The van der Waals surface area contributed by atoms with E-state index in [1.807, 2.05) is 44.2 Å². The Balaban J connectivity index is 1.71. The molecule has 21 heavy (non-hydrogen) atoms. The molecule has 0 aliphatic heterocycles. The van der Waals surface area contributed by atoms with E-state index >= 15 is 0 Å². The van der Waals surface area contributed by atoms with E-state index in [0.717, 1.165) is 12.3 Å². The van der Waals surface area contributed by atoms with Gasteiger partial charge in [-0.1, -0.05) is 36.4 Å². The first-order chi connectivity index (χ1) is 10.1. The summed E-state index contributed by atoms with van der Waals surface area (Å²) in [4.78, 5) is 0. The molecule has 3 heteroatoms. The Morgan fingerprint density at radius 2 is 1.71 bits per heavy atom. The average Bonchev–Trinajstić information content (AvgIpc) is 2.45. The summed E-state index contributed by atoms with van der Waals surface area (Å²) in [5.41, 5.74) is 3.54. The molecular formula is C18H23NO2. The molecule has 0 saturated carbocycles. The van der Waals surface area contributed by atoms with Crippen molar-refractivity contribution in [1.29, 1.82) is 0 Å². The van der Waals surface area contributed by atoms with Crippen LogP contribution in [0.5, 0.6) is 5.75 Å². The van der Waals surface area contributed by atoms with E-state index in [2.05, 4.69) is 23.5 Å². The van der Waals surface area contributed by atoms with Crippen molar-refractivity contribution in [2.75, 3.05) is 13.2 Å². The Morgan fingerprint density at radius 3 is 2.38 bits per heavy atom. The van der Waals surface area contributed by atoms with Gasteiger partial charge in [-0.25, -0.2) is 0 Å². The molecule has 3 nitrogen and oxygen atoms in total. The van der Waals surface area contributed by atoms with Crippen LogP contribution >= 0.6 is 0 Å². The summed E-state index contributed by atoms with van der Waals surface area (Å²) in [6.45, 7) is 5.64. The zero-order chi connectivity index (χ0) is 15.1. The van der Waals surface area contributed by atoms with E-state index in [1.165, 1.54) is 16.7 Å². The highest BCUT2D eigenvalue weighted by atomic mass is 16.5. The van der Waals surface area contributed by atoms with Crippen LogP contribution in [-0.4, -0.2) is 24.4 Å². The van der Waals surface area contributed by atoms with Crippen LogP contribution < -0.4 is 10.1 Å². The standard InChI is InChI=1S/C18H23NO2/c1-14-8-15(2)10-18(9-14)21-13-17(20)12-19-11-16-6-4-3-5-7-16/h3-10,17,19-20H,11-13H2,1-2H3/t17-/m0/s1. The van der Waals surface area contributed by atoms with Gasteiger partial charge in [-0.15, -0.1) is 0 Å². The summed E-state index contributed by atoms with van der Waals surface area (Å²) in [6.07, 6.45) is -0.519. The van der Waals surface area contributed by atoms with E-state index in [9.17, 15) is 5.11 Å². The van der Waals surface area contributed by atoms with E-state index in [0.29, 0.717) is 13.2 Å². The van der Waals surface area contributed by atoms with Crippen LogP contribution in [-0.2, 0) is 6.54 Å². The molecule has 0 radical (unpaired) electrons. The van der Waals surface area contributed by atoms with Gasteiger partial charge < -0.3 is 15.2 Å². The lowest BCUT2D eigenvalue weighted by Gasteiger charge is -2.14. The van der Waals surface area contributed by atoms with Crippen molar-refractivity contribution in [3.63, 3.8) is 0 Å². The van der Waals surface area contributed by atoms with Crippen LogP contribution in [0.4, 0.5) is 0 Å². The first-order valence-electron chi connectivity index (χ1n) is 7.27. The normalized spacial score (nSPS) is 12.1. The first kappa shape index (κ1) is 15.5. The smallest absolute Gasteiger partial charge is 0.119 e.